The first-order valence-electron chi connectivity index (χ1n) is 38.7. The largest absolute Gasteiger partial charge is 0.872 e. The maximum absolute atomic E-state index is 11.4. The Morgan fingerprint density at radius 3 is 0.798 bits per heavy atom. The third kappa shape index (κ3) is 32.6. The molecule has 0 spiro atoms. The van der Waals surface area contributed by atoms with Gasteiger partial charge in [0, 0.05) is 0 Å². The van der Waals surface area contributed by atoms with Gasteiger partial charge in [-0.1, -0.05) is 286 Å². The minimum Gasteiger partial charge on any atom is -0.872 e. The molecule has 1 fully saturated rings. The van der Waals surface area contributed by atoms with E-state index in [1.165, 1.54) is 95.1 Å². The van der Waals surface area contributed by atoms with Gasteiger partial charge in [-0.2, -0.15) is 13.2 Å². The van der Waals surface area contributed by atoms with Crippen molar-refractivity contribution >= 4 is 67.5 Å². The maximum atomic E-state index is 11.4. The van der Waals surface area contributed by atoms with E-state index >= 15 is 0 Å². The maximum Gasteiger partial charge on any atom is 0.401 e. The number of nitrogens with one attached hydrogen (secondary N) is 1. The first kappa shape index (κ1) is 92.2. The van der Waals surface area contributed by atoms with Gasteiger partial charge in [0.15, 0.2) is 64.7 Å². The lowest BCUT2D eigenvalue weighted by molar-refractivity contribution is -0.304. The zero-order valence-corrected chi connectivity index (χ0v) is 69.3. The standard InChI is InChI=1S/4C18H15S.C8H12O4.C8H8O3.C7H6O3.C6H12F3N/c4*1-4-10-16(11-5-1)19(17-12-6-2-7-13-17)18-14-8-3-9-15-18;9-7(10)8(11)12-6-4-2-1-3-5-6;1-5-2-3-6(8(10)11)7(9)4-5;8-6-4-2-1-3-5(6)7(9)10;1-2-3-4-10-5-6(7,8)9/h4*1-15H;6H,1-5H2,(H,9,10);2-4,9H,1H3,(H,10,11);1-4,8H,(H,9,10);10H,2-5H2,1H3/q4*+1;;;;/p-3. The highest BCUT2D eigenvalue weighted by Gasteiger charge is 2.32. The fourth-order valence-electron chi connectivity index (χ4n) is 11.7. The van der Waals surface area contributed by atoms with Crippen LogP contribution in [0.15, 0.2) is 465 Å². The summed E-state index contributed by atoms with van der Waals surface area (Å²) in [4.78, 5) is 57.4. The van der Waals surface area contributed by atoms with Crippen LogP contribution in [0.1, 0.15) is 78.1 Å². The van der Waals surface area contributed by atoms with Crippen LogP contribution in [0.2, 0.25) is 0 Å². The van der Waals surface area contributed by atoms with Crippen molar-refractivity contribution in [3.05, 3.63) is 423 Å². The number of esters is 1. The van der Waals surface area contributed by atoms with E-state index in [2.05, 4.69) is 374 Å². The summed E-state index contributed by atoms with van der Waals surface area (Å²) in [5, 5.41) is 50.7. The molecule has 0 aliphatic heterocycles. The average Bonchev–Trinajstić information content (AvgIpc) is 0.833. The van der Waals surface area contributed by atoms with Gasteiger partial charge in [0.05, 0.1) is 61.3 Å². The highest BCUT2D eigenvalue weighted by Crippen LogP contribution is 2.35. The number of alkyl halides is 3. The monoisotopic (exact) mass is 1670 g/mol. The molecule has 0 bridgehead atoms. The van der Waals surface area contributed by atoms with Crippen molar-refractivity contribution < 1.29 is 62.6 Å². The number of rotatable bonds is 19. The van der Waals surface area contributed by atoms with Gasteiger partial charge in [0.2, 0.25) is 0 Å². The number of carboxylic acids is 3. The van der Waals surface area contributed by atoms with Crippen molar-refractivity contribution in [2.45, 2.75) is 130 Å². The van der Waals surface area contributed by atoms with Crippen LogP contribution in [0, 0.1) is 6.92 Å². The molecule has 14 aromatic carbocycles. The Bertz CT molecular complexity index is 4320. The van der Waals surface area contributed by atoms with Crippen LogP contribution in [0.25, 0.3) is 0 Å². The van der Waals surface area contributed by atoms with E-state index in [-0.39, 0.29) is 60.8 Å². The molecular formula is C101H95F3NO10S4+. The Balaban J connectivity index is 0.000000172. The molecule has 1 saturated carbocycles. The highest BCUT2D eigenvalue weighted by atomic mass is 32.2. The van der Waals surface area contributed by atoms with Gasteiger partial charge in [-0.3, -0.25) is 0 Å². The number of aliphatic carboxylic acids is 1. The second-order valence-electron chi connectivity index (χ2n) is 26.2. The molecule has 1 aliphatic rings. The molecule has 18 heteroatoms. The zero-order valence-electron chi connectivity index (χ0n) is 66.1. The summed E-state index contributed by atoms with van der Waals surface area (Å²) >= 11 is 0. The Kier molecular flexibility index (Phi) is 40.1. The van der Waals surface area contributed by atoms with E-state index in [9.17, 15) is 47.7 Å². The average molecular weight is 1670 g/mol. The highest BCUT2D eigenvalue weighted by molar-refractivity contribution is 7.98. The van der Waals surface area contributed by atoms with Crippen molar-refractivity contribution in [3.63, 3.8) is 0 Å². The zero-order chi connectivity index (χ0) is 84.7. The molecule has 0 unspecified atom stereocenters. The number of carboxylic acid groups (broad SMARTS) is 3. The molecule has 0 amide bonds. The molecule has 0 atom stereocenters. The van der Waals surface area contributed by atoms with Crippen LogP contribution in [0.5, 0.6) is 11.5 Å². The second-order valence-corrected chi connectivity index (χ2v) is 34.3. The van der Waals surface area contributed by atoms with Gasteiger partial charge in [-0.05, 0) is 203 Å². The van der Waals surface area contributed by atoms with Crippen molar-refractivity contribution in [1.29, 1.82) is 0 Å². The number of halogens is 3. The van der Waals surface area contributed by atoms with Crippen LogP contribution in [-0.4, -0.2) is 59.5 Å². The van der Waals surface area contributed by atoms with E-state index in [0.29, 0.717) is 6.54 Å². The number of benzene rings is 14. The predicted octanol–water partition coefficient (Wildman–Crippen LogP) is 21.9. The Labute approximate surface area is 708 Å². The number of aromatic carboxylic acids is 2. The molecule has 608 valence electrons. The van der Waals surface area contributed by atoms with Gasteiger partial charge >= 0.3 is 24.1 Å². The topological polar surface area (TPSA) is 199 Å². The number of ether oxygens (including phenoxy) is 1. The third-order valence-corrected chi connectivity index (χ3v) is 26.2. The SMILES string of the molecule is CCCCNCC(F)(F)F.Cc1ccc(C(=O)O)c([O-])c1.O=C(O)c1ccccc1[O-].O=C([O-])C(=O)OC1CCCCC1.c1ccc([S+](c2ccccc2)c2ccccc2)cc1.c1ccc([S+](c2ccccc2)c2ccccc2)cc1.c1ccc([S+](c2ccccc2)c2ccccc2)cc1.c1ccc([S+](c2ccccc2)c2ccccc2)cc1. The lowest BCUT2D eigenvalue weighted by Gasteiger charge is -2.21. The molecule has 0 radical (unpaired) electrons. The van der Waals surface area contributed by atoms with Crippen LogP contribution in [0.4, 0.5) is 13.2 Å². The number of aryl methyl sites for hydroxylation is 1. The Morgan fingerprint density at radius 1 is 0.361 bits per heavy atom. The lowest BCUT2D eigenvalue weighted by atomic mass is 9.98. The van der Waals surface area contributed by atoms with Gasteiger partial charge in [-0.25, -0.2) is 14.4 Å². The molecule has 11 nitrogen and oxygen atoms in total. The van der Waals surface area contributed by atoms with Gasteiger partial charge in [-0.15, -0.1) is 0 Å². The lowest BCUT2D eigenvalue weighted by Crippen LogP contribution is -2.36. The minimum atomic E-state index is -4.06. The second kappa shape index (κ2) is 51.7. The van der Waals surface area contributed by atoms with Gasteiger partial charge < -0.3 is 40.4 Å². The van der Waals surface area contributed by atoms with E-state index in [1.54, 1.807) is 13.0 Å². The van der Waals surface area contributed by atoms with Gasteiger partial charge in [0.1, 0.15) is 6.10 Å². The van der Waals surface area contributed by atoms with Crippen molar-refractivity contribution in [2.24, 2.45) is 0 Å². The summed E-state index contributed by atoms with van der Waals surface area (Å²) in [6.45, 7) is 3.27. The van der Waals surface area contributed by atoms with E-state index in [1.807, 2.05) is 6.92 Å². The molecule has 0 heterocycles. The Hall–Kier alpha value is -12.3. The summed E-state index contributed by atoms with van der Waals surface area (Å²) < 4.78 is 38.9. The molecule has 1 aliphatic carbocycles. The van der Waals surface area contributed by atoms with Crippen LogP contribution in [0.3, 0.4) is 0 Å². The summed E-state index contributed by atoms with van der Waals surface area (Å²) in [6.07, 6.45) is 2.16. The van der Waals surface area contributed by atoms with Crippen LogP contribution in [-0.2, 0) is 57.9 Å². The number of hydrogen-bond donors (Lipinski definition) is 3. The number of carbonyl (C=O) groups is 4. The normalized spacial score (nSPS) is 11.3. The van der Waals surface area contributed by atoms with Crippen LogP contribution < -0.4 is 20.6 Å². The summed E-state index contributed by atoms with van der Waals surface area (Å²) in [7, 11) is -0.0585. The quantitative estimate of drug-likeness (QED) is 0.0301. The predicted molar refractivity (Wildman–Crippen MR) is 468 cm³/mol. The van der Waals surface area contributed by atoms with E-state index in [0.717, 1.165) is 50.5 Å². The number of hydrogen-bond acceptors (Lipinski definition) is 9. The van der Waals surface area contributed by atoms with Crippen LogP contribution >= 0.6 is 0 Å². The van der Waals surface area contributed by atoms with E-state index < -0.39 is 48.1 Å². The number of carbonyl (C=O) groups excluding carboxylic acids is 2. The van der Waals surface area contributed by atoms with E-state index in [4.69, 9.17) is 10.2 Å². The molecule has 0 aromatic heterocycles. The van der Waals surface area contributed by atoms with Crippen molar-refractivity contribution in [1.82, 2.24) is 5.32 Å². The third-order valence-electron chi connectivity index (χ3n) is 17.3. The Morgan fingerprint density at radius 2 is 0.597 bits per heavy atom. The van der Waals surface area contributed by atoms with Crippen molar-refractivity contribution in [2.75, 3.05) is 13.1 Å². The summed E-state index contributed by atoms with van der Waals surface area (Å²) in [5.74, 6) is -6.21. The fraction of sp³-hybridized carbons (Fsp3) is 0.129. The molecule has 3 N–H and O–H groups in total. The first-order valence-corrected chi connectivity index (χ1v) is 43.6. The first-order chi connectivity index (χ1) is 57.9. The molecular weight excluding hydrogens is 1570 g/mol. The molecule has 0 saturated heterocycles. The fourth-order valence-corrected chi connectivity index (χ4v) is 20.1. The number of para-hydroxylation sites is 1. The molecule has 15 rings (SSSR count). The van der Waals surface area contributed by atoms with Gasteiger partial charge in [0.25, 0.3) is 0 Å². The summed E-state index contributed by atoms with van der Waals surface area (Å²) in [6, 6.07) is 138. The number of unbranched alkanes of at least 4 members (excludes halogenated alkanes) is 1. The smallest absolute Gasteiger partial charge is 0.401 e. The minimum absolute atomic E-state index is 0.0146. The summed E-state index contributed by atoms with van der Waals surface area (Å²) in [5.41, 5.74) is 0.429. The molecule has 14 aromatic rings. The van der Waals surface area contributed by atoms with Crippen molar-refractivity contribution in [3.8, 4) is 11.5 Å². The molecule has 119 heavy (non-hydrogen) atoms.